The van der Waals surface area contributed by atoms with E-state index in [-0.39, 0.29) is 5.91 Å². The zero-order chi connectivity index (χ0) is 17.7. The predicted octanol–water partition coefficient (Wildman–Crippen LogP) is 2.24. The van der Waals surface area contributed by atoms with Gasteiger partial charge in [0.2, 0.25) is 0 Å². The second-order valence-corrected chi connectivity index (χ2v) is 7.22. The van der Waals surface area contributed by atoms with Gasteiger partial charge < -0.3 is 19.7 Å². The van der Waals surface area contributed by atoms with E-state index in [0.717, 1.165) is 64.0 Å². The van der Waals surface area contributed by atoms with Crippen LogP contribution in [0.25, 0.3) is 0 Å². The standard InChI is InChI=1S/C20H30N2O3/c1-24-18-8-4-3-7-17(18)14-16-6-5-13-22(15-16)19(23)20(25-2)9-11-21-12-10-20/h3-4,7-8,16,21H,5-6,9-15H2,1-2H3. The first kappa shape index (κ1) is 18.2. The van der Waals surface area contributed by atoms with Crippen LogP contribution in [-0.4, -0.2) is 56.8 Å². The lowest BCUT2D eigenvalue weighted by molar-refractivity contribution is -0.160. The summed E-state index contributed by atoms with van der Waals surface area (Å²) in [6.45, 7) is 3.35. The topological polar surface area (TPSA) is 50.8 Å². The third-order valence-corrected chi connectivity index (χ3v) is 5.70. The average molecular weight is 346 g/mol. The molecule has 1 amide bonds. The lowest BCUT2D eigenvalue weighted by atomic mass is 9.87. The Morgan fingerprint density at radius 3 is 2.76 bits per heavy atom. The highest BCUT2D eigenvalue weighted by Gasteiger charge is 2.43. The Bertz CT molecular complexity index is 584. The Hall–Kier alpha value is -1.59. The molecule has 1 atom stereocenters. The van der Waals surface area contributed by atoms with Gasteiger partial charge in [-0.3, -0.25) is 4.79 Å². The molecule has 0 saturated carbocycles. The molecule has 0 aliphatic carbocycles. The number of hydrogen-bond donors (Lipinski definition) is 1. The van der Waals surface area contributed by atoms with Gasteiger partial charge in [0.05, 0.1) is 7.11 Å². The maximum absolute atomic E-state index is 13.2. The lowest BCUT2D eigenvalue weighted by Gasteiger charge is -2.42. The molecular formula is C20H30N2O3. The van der Waals surface area contributed by atoms with Gasteiger partial charge in [-0.25, -0.2) is 0 Å². The van der Waals surface area contributed by atoms with E-state index in [0.29, 0.717) is 5.92 Å². The number of likely N-dealkylation sites (tertiary alicyclic amines) is 1. The van der Waals surface area contributed by atoms with Gasteiger partial charge in [-0.15, -0.1) is 0 Å². The van der Waals surface area contributed by atoms with Crippen molar-refractivity contribution in [3.8, 4) is 5.75 Å². The number of carbonyl (C=O) groups excluding carboxylic acids is 1. The third-order valence-electron chi connectivity index (χ3n) is 5.70. The molecule has 138 valence electrons. The number of amides is 1. The summed E-state index contributed by atoms with van der Waals surface area (Å²) in [7, 11) is 3.40. The zero-order valence-electron chi connectivity index (χ0n) is 15.4. The van der Waals surface area contributed by atoms with Gasteiger partial charge in [0.1, 0.15) is 11.4 Å². The van der Waals surface area contributed by atoms with E-state index in [1.54, 1.807) is 14.2 Å². The molecule has 2 heterocycles. The molecule has 5 heteroatoms. The van der Waals surface area contributed by atoms with E-state index in [1.807, 2.05) is 17.0 Å². The van der Waals surface area contributed by atoms with Crippen LogP contribution in [0.15, 0.2) is 24.3 Å². The van der Waals surface area contributed by atoms with Gasteiger partial charge in [-0.05, 0) is 62.7 Å². The van der Waals surface area contributed by atoms with Crippen LogP contribution in [0.4, 0.5) is 0 Å². The summed E-state index contributed by atoms with van der Waals surface area (Å²) in [6, 6.07) is 8.19. The van der Waals surface area contributed by atoms with E-state index >= 15 is 0 Å². The number of methoxy groups -OCH3 is 2. The van der Waals surface area contributed by atoms with Gasteiger partial charge in [0.15, 0.2) is 0 Å². The van der Waals surface area contributed by atoms with Crippen molar-refractivity contribution < 1.29 is 14.3 Å². The summed E-state index contributed by atoms with van der Waals surface area (Å²) in [6.07, 6.45) is 4.69. The highest BCUT2D eigenvalue weighted by Crippen LogP contribution is 2.30. The second-order valence-electron chi connectivity index (χ2n) is 7.22. The second kappa shape index (κ2) is 8.19. The van der Waals surface area contributed by atoms with Crippen molar-refractivity contribution >= 4 is 5.91 Å². The maximum Gasteiger partial charge on any atom is 0.254 e. The minimum absolute atomic E-state index is 0.182. The molecule has 3 rings (SSSR count). The molecule has 2 saturated heterocycles. The first-order valence-corrected chi connectivity index (χ1v) is 9.35. The van der Waals surface area contributed by atoms with Gasteiger partial charge in [-0.1, -0.05) is 18.2 Å². The first-order chi connectivity index (χ1) is 12.2. The van der Waals surface area contributed by atoms with Crippen molar-refractivity contribution in [3.05, 3.63) is 29.8 Å². The molecule has 0 radical (unpaired) electrons. The summed E-state index contributed by atoms with van der Waals surface area (Å²) >= 11 is 0. The molecule has 0 spiro atoms. The highest BCUT2D eigenvalue weighted by molar-refractivity contribution is 5.85. The number of ether oxygens (including phenoxy) is 2. The van der Waals surface area contributed by atoms with Gasteiger partial charge in [0.25, 0.3) is 5.91 Å². The van der Waals surface area contributed by atoms with Crippen molar-refractivity contribution in [1.82, 2.24) is 10.2 Å². The molecular weight excluding hydrogens is 316 g/mol. The maximum atomic E-state index is 13.2. The summed E-state index contributed by atoms with van der Waals surface area (Å²) in [5.74, 6) is 1.60. The molecule has 5 nitrogen and oxygen atoms in total. The van der Waals surface area contributed by atoms with Crippen molar-refractivity contribution in [1.29, 1.82) is 0 Å². The minimum Gasteiger partial charge on any atom is -0.496 e. The van der Waals surface area contributed by atoms with Gasteiger partial charge in [0, 0.05) is 20.2 Å². The van der Waals surface area contributed by atoms with Crippen molar-refractivity contribution in [2.45, 2.75) is 37.7 Å². The Balaban J connectivity index is 1.67. The quantitative estimate of drug-likeness (QED) is 0.888. The van der Waals surface area contributed by atoms with Gasteiger partial charge >= 0.3 is 0 Å². The number of carbonyl (C=O) groups is 1. The largest absolute Gasteiger partial charge is 0.496 e. The fourth-order valence-corrected chi connectivity index (χ4v) is 4.22. The van der Waals surface area contributed by atoms with E-state index < -0.39 is 5.60 Å². The number of hydrogen-bond acceptors (Lipinski definition) is 4. The molecule has 1 aromatic carbocycles. The van der Waals surface area contributed by atoms with Crippen molar-refractivity contribution in [2.75, 3.05) is 40.4 Å². The zero-order valence-corrected chi connectivity index (χ0v) is 15.4. The molecule has 1 unspecified atom stereocenters. The van der Waals surface area contributed by atoms with E-state index in [1.165, 1.54) is 5.56 Å². The number of rotatable bonds is 5. The molecule has 0 bridgehead atoms. The molecule has 1 N–H and O–H groups in total. The van der Waals surface area contributed by atoms with E-state index in [2.05, 4.69) is 17.4 Å². The highest BCUT2D eigenvalue weighted by atomic mass is 16.5. The Morgan fingerprint density at radius 1 is 1.28 bits per heavy atom. The van der Waals surface area contributed by atoms with Crippen LogP contribution in [-0.2, 0) is 16.0 Å². The van der Waals surface area contributed by atoms with Crippen LogP contribution in [0.2, 0.25) is 0 Å². The number of para-hydroxylation sites is 1. The number of nitrogens with one attached hydrogen (secondary N) is 1. The first-order valence-electron chi connectivity index (χ1n) is 9.35. The third kappa shape index (κ3) is 3.98. The Labute approximate surface area is 150 Å². The Morgan fingerprint density at radius 2 is 2.04 bits per heavy atom. The van der Waals surface area contributed by atoms with Crippen LogP contribution in [0.5, 0.6) is 5.75 Å². The molecule has 2 aliphatic heterocycles. The van der Waals surface area contributed by atoms with Crippen LogP contribution in [0.1, 0.15) is 31.2 Å². The van der Waals surface area contributed by atoms with Crippen LogP contribution < -0.4 is 10.1 Å². The SMILES string of the molecule is COc1ccccc1CC1CCCN(C(=O)C2(OC)CCNCC2)C1. The smallest absolute Gasteiger partial charge is 0.254 e. The fourth-order valence-electron chi connectivity index (χ4n) is 4.22. The number of nitrogens with zero attached hydrogens (tertiary/aromatic N) is 1. The minimum atomic E-state index is -0.627. The van der Waals surface area contributed by atoms with Crippen molar-refractivity contribution in [3.63, 3.8) is 0 Å². The molecule has 25 heavy (non-hydrogen) atoms. The number of benzene rings is 1. The molecule has 1 aromatic rings. The summed E-state index contributed by atoms with van der Waals surface area (Å²) in [4.78, 5) is 15.2. The monoisotopic (exact) mass is 346 g/mol. The Kier molecular flexibility index (Phi) is 5.97. The summed E-state index contributed by atoms with van der Waals surface area (Å²) in [5, 5.41) is 3.32. The molecule has 2 aliphatic rings. The predicted molar refractivity (Wildman–Crippen MR) is 97.8 cm³/mol. The van der Waals surface area contributed by atoms with Crippen LogP contribution >= 0.6 is 0 Å². The summed E-state index contributed by atoms with van der Waals surface area (Å²) in [5.41, 5.74) is 0.602. The van der Waals surface area contributed by atoms with E-state index in [4.69, 9.17) is 9.47 Å². The normalized spacial score (nSPS) is 23.3. The lowest BCUT2D eigenvalue weighted by Crippen LogP contribution is -2.57. The molecule has 2 fully saturated rings. The summed E-state index contributed by atoms with van der Waals surface area (Å²) < 4.78 is 11.2. The fraction of sp³-hybridized carbons (Fsp3) is 0.650. The van der Waals surface area contributed by atoms with Crippen LogP contribution in [0, 0.1) is 5.92 Å². The molecule has 0 aromatic heterocycles. The average Bonchev–Trinajstić information content (AvgIpc) is 2.68. The van der Waals surface area contributed by atoms with Gasteiger partial charge in [-0.2, -0.15) is 0 Å². The number of piperidine rings is 2. The van der Waals surface area contributed by atoms with Crippen molar-refractivity contribution in [2.24, 2.45) is 5.92 Å². The van der Waals surface area contributed by atoms with E-state index in [9.17, 15) is 4.79 Å². The van der Waals surface area contributed by atoms with Crippen LogP contribution in [0.3, 0.4) is 0 Å².